The number of rotatable bonds is 5. The highest BCUT2D eigenvalue weighted by molar-refractivity contribution is 5.94. The van der Waals surface area contributed by atoms with Gasteiger partial charge in [0, 0.05) is 18.7 Å². The van der Waals surface area contributed by atoms with Crippen LogP contribution in [0.3, 0.4) is 0 Å². The summed E-state index contributed by atoms with van der Waals surface area (Å²) in [5.41, 5.74) is 1.59. The van der Waals surface area contributed by atoms with E-state index in [1.165, 1.54) is 46.9 Å². The molecule has 2 aliphatic heterocycles. The maximum absolute atomic E-state index is 13.3. The molecule has 2 N–H and O–H groups in total. The van der Waals surface area contributed by atoms with E-state index in [0.717, 1.165) is 31.6 Å². The van der Waals surface area contributed by atoms with E-state index in [2.05, 4.69) is 27.5 Å². The lowest BCUT2D eigenvalue weighted by molar-refractivity contribution is -0.0299. The number of hydrogen-bond donors (Lipinski definition) is 2. The second-order valence-electron chi connectivity index (χ2n) is 10.6. The predicted molar refractivity (Wildman–Crippen MR) is 144 cm³/mol. The first-order valence-corrected chi connectivity index (χ1v) is 13.4. The Bertz CT molecular complexity index is 1550. The van der Waals surface area contributed by atoms with E-state index in [1.807, 2.05) is 12.1 Å². The molecule has 39 heavy (non-hydrogen) atoms. The Morgan fingerprint density at radius 3 is 2.59 bits per heavy atom. The van der Waals surface area contributed by atoms with Crippen molar-refractivity contribution >= 4 is 16.9 Å². The fourth-order valence-corrected chi connectivity index (χ4v) is 5.69. The van der Waals surface area contributed by atoms with Gasteiger partial charge in [0.2, 0.25) is 0 Å². The molecule has 0 atom stereocenters. The van der Waals surface area contributed by atoms with Crippen LogP contribution < -0.4 is 10.9 Å². The molecule has 0 saturated carbocycles. The van der Waals surface area contributed by atoms with Crippen LogP contribution in [-0.2, 0) is 6.54 Å². The van der Waals surface area contributed by atoms with Crippen molar-refractivity contribution in [1.29, 1.82) is 0 Å². The molecule has 2 aliphatic rings. The molecule has 0 spiro atoms. The van der Waals surface area contributed by atoms with Gasteiger partial charge >= 0.3 is 0 Å². The quantitative estimate of drug-likeness (QED) is 0.411. The zero-order valence-corrected chi connectivity index (χ0v) is 21.6. The zero-order valence-electron chi connectivity index (χ0n) is 21.6. The number of fused-ring (bicyclic) bond motifs is 1. The highest BCUT2D eigenvalue weighted by Gasteiger charge is 2.35. The summed E-state index contributed by atoms with van der Waals surface area (Å²) in [7, 11) is 0. The molecule has 2 saturated heterocycles. The number of amides is 1. The number of aromatic nitrogens is 4. The van der Waals surface area contributed by atoms with Gasteiger partial charge in [-0.05, 0) is 86.7 Å². The molecule has 10 heteroatoms. The average Bonchev–Trinajstić information content (AvgIpc) is 3.41. The lowest BCUT2D eigenvalue weighted by Crippen LogP contribution is -2.49. The first-order chi connectivity index (χ1) is 18.9. The van der Waals surface area contributed by atoms with Crippen molar-refractivity contribution in [1.82, 2.24) is 29.5 Å². The fourth-order valence-electron chi connectivity index (χ4n) is 5.69. The predicted octanol–water partition coefficient (Wildman–Crippen LogP) is 2.86. The van der Waals surface area contributed by atoms with Gasteiger partial charge in [-0.15, -0.1) is 0 Å². The highest BCUT2D eigenvalue weighted by atomic mass is 19.1. The molecule has 202 valence electrons. The minimum Gasteiger partial charge on any atom is -0.388 e. The van der Waals surface area contributed by atoms with Gasteiger partial charge in [-0.1, -0.05) is 12.1 Å². The molecule has 4 aromatic rings. The van der Waals surface area contributed by atoms with Crippen LogP contribution in [0.15, 0.2) is 65.8 Å². The first-order valence-electron chi connectivity index (χ1n) is 13.4. The molecular formula is C29H31FN6O3. The van der Waals surface area contributed by atoms with Gasteiger partial charge in [-0.2, -0.15) is 5.10 Å². The summed E-state index contributed by atoms with van der Waals surface area (Å²) in [4.78, 5) is 32.3. The number of carbonyl (C=O) groups is 1. The van der Waals surface area contributed by atoms with Gasteiger partial charge in [0.25, 0.3) is 11.5 Å². The Hall–Kier alpha value is -3.89. The first kappa shape index (κ1) is 25.4. The van der Waals surface area contributed by atoms with E-state index in [4.69, 9.17) is 0 Å². The zero-order chi connectivity index (χ0) is 27.0. The number of likely N-dealkylation sites (tertiary alicyclic amines) is 1. The third-order valence-corrected chi connectivity index (χ3v) is 8.02. The monoisotopic (exact) mass is 530 g/mol. The van der Waals surface area contributed by atoms with Crippen LogP contribution >= 0.6 is 0 Å². The molecule has 2 aromatic heterocycles. The summed E-state index contributed by atoms with van der Waals surface area (Å²) in [6.07, 6.45) is 5.81. The normalized spacial score (nSPS) is 17.9. The van der Waals surface area contributed by atoms with Crippen molar-refractivity contribution in [3.05, 3.63) is 88.4 Å². The van der Waals surface area contributed by atoms with Crippen molar-refractivity contribution in [2.24, 2.45) is 0 Å². The SMILES string of the molecule is O=C(c1ccc(F)cc1)N1CCC(O)(Cn2cnc3c(cnn3-c3cccc(C4CCNCC4)c3)c2=O)CC1. The van der Waals surface area contributed by atoms with Crippen LogP contribution in [-0.4, -0.2) is 67.0 Å². The Labute approximate surface area is 224 Å². The lowest BCUT2D eigenvalue weighted by Gasteiger charge is -2.38. The van der Waals surface area contributed by atoms with Gasteiger partial charge in [-0.3, -0.25) is 14.2 Å². The standard InChI is InChI=1S/C29H31FN6O3/c30-23-6-4-21(5-7-23)27(37)34-14-10-29(39,11-15-34)18-35-19-32-26-25(28(35)38)17-33-36(26)24-3-1-2-22(16-24)20-8-12-31-13-9-20/h1-7,16-17,19-20,31,39H,8-15,18H2. The van der Waals surface area contributed by atoms with Gasteiger partial charge < -0.3 is 15.3 Å². The summed E-state index contributed by atoms with van der Waals surface area (Å²) in [6, 6.07) is 13.7. The molecule has 0 unspecified atom stereocenters. The summed E-state index contributed by atoms with van der Waals surface area (Å²) < 4.78 is 16.3. The molecule has 2 aromatic carbocycles. The topological polar surface area (TPSA) is 105 Å². The van der Waals surface area contributed by atoms with E-state index in [1.54, 1.807) is 9.58 Å². The molecule has 6 rings (SSSR count). The molecular weight excluding hydrogens is 499 g/mol. The van der Waals surface area contributed by atoms with Crippen LogP contribution in [0.25, 0.3) is 16.7 Å². The minimum absolute atomic E-state index is 0.0731. The molecule has 4 heterocycles. The molecule has 0 bridgehead atoms. The largest absolute Gasteiger partial charge is 0.388 e. The third-order valence-electron chi connectivity index (χ3n) is 8.02. The highest BCUT2D eigenvalue weighted by Crippen LogP contribution is 2.28. The van der Waals surface area contributed by atoms with Gasteiger partial charge in [0.05, 0.1) is 24.0 Å². The van der Waals surface area contributed by atoms with E-state index in [-0.39, 0.29) is 18.0 Å². The van der Waals surface area contributed by atoms with Crippen molar-refractivity contribution in [2.45, 2.75) is 43.7 Å². The number of halogens is 1. The molecule has 2 fully saturated rings. The van der Waals surface area contributed by atoms with Crippen molar-refractivity contribution in [3.8, 4) is 5.69 Å². The lowest BCUT2D eigenvalue weighted by atomic mass is 9.90. The second kappa shape index (κ2) is 10.3. The summed E-state index contributed by atoms with van der Waals surface area (Å²) in [6.45, 7) is 2.76. The molecule has 9 nitrogen and oxygen atoms in total. The van der Waals surface area contributed by atoms with Gasteiger partial charge in [0.1, 0.15) is 17.5 Å². The molecule has 1 amide bonds. The number of nitrogens with zero attached hydrogens (tertiary/aromatic N) is 5. The number of hydrogen-bond acceptors (Lipinski definition) is 6. The van der Waals surface area contributed by atoms with Crippen LogP contribution in [0, 0.1) is 5.82 Å². The number of nitrogens with one attached hydrogen (secondary N) is 1. The minimum atomic E-state index is -1.15. The molecule has 0 radical (unpaired) electrons. The van der Waals surface area contributed by atoms with Crippen LogP contribution in [0.4, 0.5) is 4.39 Å². The average molecular weight is 531 g/mol. The Balaban J connectivity index is 1.18. The maximum Gasteiger partial charge on any atom is 0.264 e. The van der Waals surface area contributed by atoms with E-state index < -0.39 is 11.4 Å². The fraction of sp³-hybridized carbons (Fsp3) is 0.379. The van der Waals surface area contributed by atoms with Crippen molar-refractivity contribution < 1.29 is 14.3 Å². The smallest absolute Gasteiger partial charge is 0.264 e. The second-order valence-corrected chi connectivity index (χ2v) is 10.6. The van der Waals surface area contributed by atoms with E-state index in [9.17, 15) is 19.1 Å². The Kier molecular flexibility index (Phi) is 6.74. The van der Waals surface area contributed by atoms with Crippen LogP contribution in [0.1, 0.15) is 47.5 Å². The Morgan fingerprint density at radius 2 is 1.85 bits per heavy atom. The van der Waals surface area contributed by atoms with Gasteiger partial charge in [0.15, 0.2) is 5.65 Å². The van der Waals surface area contributed by atoms with E-state index in [0.29, 0.717) is 48.4 Å². The van der Waals surface area contributed by atoms with Crippen LogP contribution in [0.2, 0.25) is 0 Å². The number of benzene rings is 2. The van der Waals surface area contributed by atoms with Gasteiger partial charge in [-0.25, -0.2) is 14.1 Å². The van der Waals surface area contributed by atoms with Crippen molar-refractivity contribution in [3.63, 3.8) is 0 Å². The van der Waals surface area contributed by atoms with E-state index >= 15 is 0 Å². The van der Waals surface area contributed by atoms with Crippen LogP contribution in [0.5, 0.6) is 0 Å². The maximum atomic E-state index is 13.3. The number of piperidine rings is 2. The summed E-state index contributed by atoms with van der Waals surface area (Å²) in [5.74, 6) is -0.0998. The number of aliphatic hydroxyl groups is 1. The van der Waals surface area contributed by atoms with Crippen molar-refractivity contribution in [2.75, 3.05) is 26.2 Å². The number of carbonyl (C=O) groups excluding carboxylic acids is 1. The molecule has 0 aliphatic carbocycles. The Morgan fingerprint density at radius 1 is 1.10 bits per heavy atom. The summed E-state index contributed by atoms with van der Waals surface area (Å²) >= 11 is 0. The summed E-state index contributed by atoms with van der Waals surface area (Å²) in [5, 5.41) is 19.5. The third kappa shape index (κ3) is 5.09.